The van der Waals surface area contributed by atoms with Crippen molar-refractivity contribution in [3.05, 3.63) is 64.1 Å². The normalized spacial score (nSPS) is 24.6. The molecule has 0 spiro atoms. The third kappa shape index (κ3) is 3.61. The Kier molecular flexibility index (Phi) is 5.85. The van der Waals surface area contributed by atoms with Gasteiger partial charge in [0.05, 0.1) is 27.2 Å². The van der Waals surface area contributed by atoms with E-state index in [1.54, 1.807) is 24.3 Å². The molecular weight excluding hydrogens is 425 g/mol. The van der Waals surface area contributed by atoms with E-state index in [9.17, 15) is 8.42 Å². The van der Waals surface area contributed by atoms with Gasteiger partial charge >= 0.3 is 0 Å². The highest BCUT2D eigenvalue weighted by molar-refractivity contribution is 7.92. The van der Waals surface area contributed by atoms with Crippen molar-refractivity contribution in [2.75, 3.05) is 13.2 Å². The monoisotopic (exact) mass is 443 g/mol. The standard InChI is InChI=1S/C19H19Cl2NO3S2/c1-2-25-11-19(18(22)26)16(12-3-5-13(20)6-4-12)17(19)27(23,24)15-9-7-14(21)8-10-15/h3-10,16-17H,2,11H2,1H3,(H2,22,26)/t16-,17-,19+/m1/s1. The quantitative estimate of drug-likeness (QED) is 0.647. The van der Waals surface area contributed by atoms with Crippen molar-refractivity contribution in [3.8, 4) is 0 Å². The molecule has 144 valence electrons. The number of ether oxygens (including phenoxy) is 1. The lowest BCUT2D eigenvalue weighted by atomic mass is 10.00. The summed E-state index contributed by atoms with van der Waals surface area (Å²) < 4.78 is 32.4. The lowest BCUT2D eigenvalue weighted by molar-refractivity contribution is 0.121. The van der Waals surface area contributed by atoms with Crippen molar-refractivity contribution < 1.29 is 13.2 Å². The Morgan fingerprint density at radius 2 is 1.63 bits per heavy atom. The minimum atomic E-state index is -3.71. The summed E-state index contributed by atoms with van der Waals surface area (Å²) in [5, 5.41) is 0.229. The molecule has 0 saturated heterocycles. The van der Waals surface area contributed by atoms with Crippen LogP contribution in [-0.2, 0) is 14.6 Å². The second-order valence-corrected chi connectivity index (χ2v) is 9.87. The largest absolute Gasteiger partial charge is 0.393 e. The highest BCUT2D eigenvalue weighted by Gasteiger charge is 2.73. The van der Waals surface area contributed by atoms with E-state index in [4.69, 9.17) is 45.9 Å². The molecule has 1 saturated carbocycles. The van der Waals surface area contributed by atoms with E-state index in [0.29, 0.717) is 16.7 Å². The molecule has 0 aromatic heterocycles. The zero-order valence-corrected chi connectivity index (χ0v) is 17.7. The summed E-state index contributed by atoms with van der Waals surface area (Å²) >= 11 is 17.2. The van der Waals surface area contributed by atoms with Gasteiger partial charge in [0.2, 0.25) is 0 Å². The maximum atomic E-state index is 13.4. The van der Waals surface area contributed by atoms with Gasteiger partial charge in [-0.25, -0.2) is 8.42 Å². The van der Waals surface area contributed by atoms with Gasteiger partial charge in [0.25, 0.3) is 0 Å². The maximum Gasteiger partial charge on any atom is 0.182 e. The number of sulfone groups is 1. The van der Waals surface area contributed by atoms with Crippen LogP contribution in [0.5, 0.6) is 0 Å². The number of halogens is 2. The molecule has 2 aromatic rings. The van der Waals surface area contributed by atoms with Crippen molar-refractivity contribution in [2.45, 2.75) is 23.0 Å². The van der Waals surface area contributed by atoms with Crippen LogP contribution in [0.25, 0.3) is 0 Å². The van der Waals surface area contributed by atoms with E-state index < -0.39 is 26.4 Å². The number of thiocarbonyl (C=S) groups is 1. The van der Waals surface area contributed by atoms with Crippen LogP contribution in [0, 0.1) is 5.41 Å². The molecule has 3 atom stereocenters. The third-order valence-electron chi connectivity index (χ3n) is 4.97. The van der Waals surface area contributed by atoms with Crippen LogP contribution in [0.15, 0.2) is 53.4 Å². The molecule has 0 aliphatic heterocycles. The Bertz CT molecular complexity index is 946. The molecule has 2 aromatic carbocycles. The Hall–Kier alpha value is -1.18. The molecule has 8 heteroatoms. The predicted octanol–water partition coefficient (Wildman–Crippen LogP) is 4.24. The van der Waals surface area contributed by atoms with Crippen LogP contribution >= 0.6 is 35.4 Å². The summed E-state index contributed by atoms with van der Waals surface area (Å²) in [6.45, 7) is 2.42. The van der Waals surface area contributed by atoms with Gasteiger partial charge < -0.3 is 10.5 Å². The van der Waals surface area contributed by atoms with E-state index in [1.165, 1.54) is 12.1 Å². The van der Waals surface area contributed by atoms with Crippen LogP contribution < -0.4 is 5.73 Å². The van der Waals surface area contributed by atoms with E-state index >= 15 is 0 Å². The van der Waals surface area contributed by atoms with E-state index in [2.05, 4.69) is 0 Å². The molecule has 0 bridgehead atoms. The van der Waals surface area contributed by atoms with Gasteiger partial charge in [-0.1, -0.05) is 47.6 Å². The molecular formula is C19H19Cl2NO3S2. The zero-order chi connectivity index (χ0) is 19.8. The van der Waals surface area contributed by atoms with E-state index in [1.807, 2.05) is 19.1 Å². The average Bonchev–Trinajstić information content (AvgIpc) is 3.32. The van der Waals surface area contributed by atoms with Crippen LogP contribution in [0.2, 0.25) is 10.0 Å². The summed E-state index contributed by atoms with van der Waals surface area (Å²) in [7, 11) is -3.71. The number of rotatable bonds is 7. The lowest BCUT2D eigenvalue weighted by Gasteiger charge is -2.17. The van der Waals surface area contributed by atoms with Crippen LogP contribution in [0.3, 0.4) is 0 Å². The molecule has 1 fully saturated rings. The van der Waals surface area contributed by atoms with Gasteiger partial charge in [0, 0.05) is 22.6 Å². The summed E-state index contributed by atoms with van der Waals surface area (Å²) in [6, 6.07) is 13.2. The average molecular weight is 444 g/mol. The molecule has 4 nitrogen and oxygen atoms in total. The van der Waals surface area contributed by atoms with Crippen molar-refractivity contribution in [3.63, 3.8) is 0 Å². The molecule has 0 heterocycles. The first kappa shape index (κ1) is 20.6. The molecule has 1 aliphatic carbocycles. The summed E-state index contributed by atoms with van der Waals surface area (Å²) in [5.41, 5.74) is 5.91. The Labute approximate surface area is 174 Å². The zero-order valence-electron chi connectivity index (χ0n) is 14.6. The summed E-state index contributed by atoms with van der Waals surface area (Å²) in [6.07, 6.45) is 0. The first-order valence-electron chi connectivity index (χ1n) is 8.37. The molecule has 2 N–H and O–H groups in total. The highest BCUT2D eigenvalue weighted by Crippen LogP contribution is 2.64. The smallest absolute Gasteiger partial charge is 0.182 e. The van der Waals surface area contributed by atoms with Crippen molar-refractivity contribution >= 4 is 50.2 Å². The van der Waals surface area contributed by atoms with E-state index in [0.717, 1.165) is 5.56 Å². The SMILES string of the molecule is CCOC[C@]1(C(N)=S)[C@H](c2ccc(Cl)cc2)[C@H]1S(=O)(=O)c1ccc(Cl)cc1. The van der Waals surface area contributed by atoms with Crippen LogP contribution in [0.1, 0.15) is 18.4 Å². The highest BCUT2D eigenvalue weighted by atomic mass is 35.5. The molecule has 27 heavy (non-hydrogen) atoms. The first-order valence-corrected chi connectivity index (χ1v) is 11.1. The number of benzene rings is 2. The van der Waals surface area contributed by atoms with Gasteiger partial charge in [-0.2, -0.15) is 0 Å². The van der Waals surface area contributed by atoms with Crippen LogP contribution in [-0.4, -0.2) is 31.9 Å². The number of hydrogen-bond donors (Lipinski definition) is 1. The van der Waals surface area contributed by atoms with Gasteiger partial charge in [0.15, 0.2) is 9.84 Å². The van der Waals surface area contributed by atoms with Crippen molar-refractivity contribution in [1.82, 2.24) is 0 Å². The van der Waals surface area contributed by atoms with Crippen molar-refractivity contribution in [2.24, 2.45) is 11.1 Å². The minimum absolute atomic E-state index is 0.137. The molecule has 0 unspecified atom stereocenters. The fraction of sp³-hybridized carbons (Fsp3) is 0.316. The number of nitrogens with two attached hydrogens (primary N) is 1. The van der Waals surface area contributed by atoms with Gasteiger partial charge in [-0.3, -0.25) is 0 Å². The lowest BCUT2D eigenvalue weighted by Crippen LogP contribution is -2.33. The second-order valence-electron chi connectivity index (χ2n) is 6.49. The first-order chi connectivity index (χ1) is 12.7. The summed E-state index contributed by atoms with van der Waals surface area (Å²) in [4.78, 5) is 0.323. The molecule has 0 radical (unpaired) electrons. The molecule has 0 amide bonds. The fourth-order valence-corrected chi connectivity index (χ4v) is 6.60. The topological polar surface area (TPSA) is 69.4 Å². The predicted molar refractivity (Wildman–Crippen MR) is 112 cm³/mol. The minimum Gasteiger partial charge on any atom is -0.393 e. The summed E-state index contributed by atoms with van der Waals surface area (Å²) in [5.74, 6) is -0.403. The Morgan fingerprint density at radius 1 is 1.11 bits per heavy atom. The van der Waals surface area contributed by atoms with Gasteiger partial charge in [0.1, 0.15) is 0 Å². The molecule has 3 rings (SSSR count). The van der Waals surface area contributed by atoms with Gasteiger partial charge in [-0.05, 0) is 48.9 Å². The fourth-order valence-electron chi connectivity index (χ4n) is 3.58. The number of hydrogen-bond acceptors (Lipinski definition) is 4. The Morgan fingerprint density at radius 3 is 2.11 bits per heavy atom. The van der Waals surface area contributed by atoms with Gasteiger partial charge in [-0.15, -0.1) is 0 Å². The van der Waals surface area contributed by atoms with Crippen LogP contribution in [0.4, 0.5) is 0 Å². The van der Waals surface area contributed by atoms with Crippen molar-refractivity contribution in [1.29, 1.82) is 0 Å². The van der Waals surface area contributed by atoms with E-state index in [-0.39, 0.29) is 16.5 Å². The molecule has 1 aliphatic rings. The third-order valence-corrected chi connectivity index (χ3v) is 8.14. The maximum absolute atomic E-state index is 13.4. The second kappa shape index (κ2) is 7.68. The Balaban J connectivity index is 2.10.